The number of phenolic OH excluding ortho intramolecular Hbond substituents is 1. The van der Waals surface area contributed by atoms with E-state index in [-0.39, 0.29) is 17.1 Å². The van der Waals surface area contributed by atoms with Gasteiger partial charge in [-0.2, -0.15) is 0 Å². The molecule has 184 valence electrons. The molecule has 2 aromatic heterocycles. The van der Waals surface area contributed by atoms with Crippen LogP contribution in [0, 0.1) is 11.3 Å². The van der Waals surface area contributed by atoms with Crippen LogP contribution in [0.1, 0.15) is 50.0 Å². The third kappa shape index (κ3) is 3.77. The standard InChI is InChI=1S/C28H28N4O4/c1-16(2)26(27(34)35)25-11-22(31-36-25)18-12-28(13-18)14-32(15-28)19-7-8-21-17(9-19)10-23(30-29-21)20-5-3-4-6-24(20)33/h3-11,16,18,26,33H,12-15H2,1-2H3,(H,34,35). The van der Waals surface area contributed by atoms with Crippen LogP contribution >= 0.6 is 0 Å². The third-order valence-corrected chi connectivity index (χ3v) is 7.73. The number of carbonyl (C=O) groups is 1. The van der Waals surface area contributed by atoms with Gasteiger partial charge in [0.15, 0.2) is 5.76 Å². The first-order valence-corrected chi connectivity index (χ1v) is 12.3. The number of fused-ring (bicyclic) bond motifs is 1. The molecule has 0 bridgehead atoms. The number of aromatic nitrogens is 3. The van der Waals surface area contributed by atoms with Crippen LogP contribution in [0.2, 0.25) is 0 Å². The number of phenols is 1. The van der Waals surface area contributed by atoms with Crippen molar-refractivity contribution in [2.45, 2.75) is 38.5 Å². The second-order valence-corrected chi connectivity index (χ2v) is 10.7. The van der Waals surface area contributed by atoms with Gasteiger partial charge < -0.3 is 19.6 Å². The zero-order chi connectivity index (χ0) is 25.0. The lowest BCUT2D eigenvalue weighted by atomic mass is 9.57. The number of nitrogens with zero attached hydrogens (tertiary/aromatic N) is 4. The van der Waals surface area contributed by atoms with E-state index in [1.807, 2.05) is 44.2 Å². The van der Waals surface area contributed by atoms with Crippen molar-refractivity contribution in [2.24, 2.45) is 11.3 Å². The predicted octanol–water partition coefficient (Wildman–Crippen LogP) is 5.20. The molecule has 1 aliphatic heterocycles. The van der Waals surface area contributed by atoms with Gasteiger partial charge in [0.2, 0.25) is 0 Å². The summed E-state index contributed by atoms with van der Waals surface area (Å²) in [5.74, 6) is -0.637. The molecule has 2 aromatic carbocycles. The minimum absolute atomic E-state index is 0.0568. The van der Waals surface area contributed by atoms with E-state index in [4.69, 9.17) is 4.52 Å². The summed E-state index contributed by atoms with van der Waals surface area (Å²) >= 11 is 0. The lowest BCUT2D eigenvalue weighted by molar-refractivity contribution is -0.140. The lowest BCUT2D eigenvalue weighted by Gasteiger charge is -2.59. The molecule has 1 unspecified atom stereocenters. The molecule has 36 heavy (non-hydrogen) atoms. The number of para-hydroxylation sites is 1. The van der Waals surface area contributed by atoms with Crippen LogP contribution in [0.4, 0.5) is 5.69 Å². The fraction of sp³-hybridized carbons (Fsp3) is 0.357. The van der Waals surface area contributed by atoms with Gasteiger partial charge in [0, 0.05) is 47.1 Å². The second kappa shape index (κ2) is 8.33. The number of aromatic hydroxyl groups is 1. The van der Waals surface area contributed by atoms with E-state index in [2.05, 4.69) is 32.4 Å². The highest BCUT2D eigenvalue weighted by Gasteiger charge is 2.53. The van der Waals surface area contributed by atoms with Crippen LogP contribution in [-0.2, 0) is 4.79 Å². The quantitative estimate of drug-likeness (QED) is 0.384. The number of benzene rings is 2. The maximum atomic E-state index is 11.6. The Morgan fingerprint density at radius 3 is 2.58 bits per heavy atom. The van der Waals surface area contributed by atoms with Crippen molar-refractivity contribution in [1.29, 1.82) is 0 Å². The van der Waals surface area contributed by atoms with E-state index in [1.165, 1.54) is 0 Å². The Labute approximate surface area is 208 Å². The van der Waals surface area contributed by atoms with Gasteiger partial charge in [-0.1, -0.05) is 31.1 Å². The SMILES string of the molecule is CC(C)C(C(=O)O)c1cc(C2CC3(C2)CN(c2ccc4nnc(-c5ccccc5O)cc4c2)C3)no1. The number of rotatable bonds is 6. The van der Waals surface area contributed by atoms with Crippen molar-refractivity contribution in [3.05, 3.63) is 66.1 Å². The number of anilines is 1. The predicted molar refractivity (Wildman–Crippen MR) is 135 cm³/mol. The van der Waals surface area contributed by atoms with Gasteiger partial charge in [-0.3, -0.25) is 4.79 Å². The van der Waals surface area contributed by atoms with Crippen molar-refractivity contribution >= 4 is 22.6 Å². The number of aliphatic carboxylic acids is 1. The van der Waals surface area contributed by atoms with Gasteiger partial charge in [-0.25, -0.2) is 0 Å². The van der Waals surface area contributed by atoms with Crippen LogP contribution in [0.25, 0.3) is 22.2 Å². The van der Waals surface area contributed by atoms with Crippen molar-refractivity contribution < 1.29 is 19.5 Å². The molecule has 1 spiro atoms. The van der Waals surface area contributed by atoms with Crippen LogP contribution in [0.3, 0.4) is 0 Å². The van der Waals surface area contributed by atoms with E-state index < -0.39 is 11.9 Å². The Morgan fingerprint density at radius 1 is 1.08 bits per heavy atom. The number of hydrogen-bond acceptors (Lipinski definition) is 7. The molecule has 3 heterocycles. The summed E-state index contributed by atoms with van der Waals surface area (Å²) in [4.78, 5) is 14.0. The number of carboxylic acids is 1. The molecular weight excluding hydrogens is 456 g/mol. The summed E-state index contributed by atoms with van der Waals surface area (Å²) in [5.41, 5.74) is 4.44. The highest BCUT2D eigenvalue weighted by molar-refractivity contribution is 5.86. The van der Waals surface area contributed by atoms with Gasteiger partial charge in [0.25, 0.3) is 0 Å². The van der Waals surface area contributed by atoms with Crippen molar-refractivity contribution in [1.82, 2.24) is 15.4 Å². The molecule has 4 aromatic rings. The zero-order valence-corrected chi connectivity index (χ0v) is 20.3. The Balaban J connectivity index is 1.13. The van der Waals surface area contributed by atoms with E-state index in [0.29, 0.717) is 22.9 Å². The second-order valence-electron chi connectivity index (χ2n) is 10.7. The van der Waals surface area contributed by atoms with Crippen molar-refractivity contribution in [3.8, 4) is 17.0 Å². The van der Waals surface area contributed by atoms with Gasteiger partial charge in [-0.15, -0.1) is 10.2 Å². The first-order valence-electron chi connectivity index (χ1n) is 12.3. The topological polar surface area (TPSA) is 113 Å². The molecule has 8 heteroatoms. The molecule has 1 saturated carbocycles. The molecule has 1 atom stereocenters. The largest absolute Gasteiger partial charge is 0.507 e. The molecular formula is C28H28N4O4. The van der Waals surface area contributed by atoms with Crippen LogP contribution in [0.5, 0.6) is 5.75 Å². The highest BCUT2D eigenvalue weighted by atomic mass is 16.5. The Morgan fingerprint density at radius 2 is 1.86 bits per heavy atom. The minimum Gasteiger partial charge on any atom is -0.507 e. The summed E-state index contributed by atoms with van der Waals surface area (Å²) in [7, 11) is 0. The molecule has 2 aliphatic rings. The molecule has 6 rings (SSSR count). The Bertz CT molecular complexity index is 1450. The Kier molecular flexibility index (Phi) is 5.21. The summed E-state index contributed by atoms with van der Waals surface area (Å²) in [6, 6.07) is 17.2. The van der Waals surface area contributed by atoms with Gasteiger partial charge >= 0.3 is 5.97 Å². The van der Waals surface area contributed by atoms with Gasteiger partial charge in [0.05, 0.1) is 16.9 Å². The molecule has 2 N–H and O–H groups in total. The first-order chi connectivity index (χ1) is 17.3. The maximum absolute atomic E-state index is 11.6. The average molecular weight is 485 g/mol. The summed E-state index contributed by atoms with van der Waals surface area (Å²) in [6.07, 6.45) is 2.07. The average Bonchev–Trinajstić information content (AvgIpc) is 3.25. The highest BCUT2D eigenvalue weighted by Crippen LogP contribution is 2.56. The fourth-order valence-electron chi connectivity index (χ4n) is 5.83. The van der Waals surface area contributed by atoms with Crippen LogP contribution < -0.4 is 4.90 Å². The lowest BCUT2D eigenvalue weighted by Crippen LogP contribution is -2.61. The molecule has 0 radical (unpaired) electrons. The molecule has 1 aliphatic carbocycles. The summed E-state index contributed by atoms with van der Waals surface area (Å²) in [5, 5.41) is 33.5. The summed E-state index contributed by atoms with van der Waals surface area (Å²) < 4.78 is 5.44. The van der Waals surface area contributed by atoms with E-state index in [1.54, 1.807) is 12.1 Å². The number of carboxylic acid groups (broad SMARTS) is 1. The van der Waals surface area contributed by atoms with E-state index >= 15 is 0 Å². The summed E-state index contributed by atoms with van der Waals surface area (Å²) in [6.45, 7) is 5.73. The molecule has 8 nitrogen and oxygen atoms in total. The van der Waals surface area contributed by atoms with E-state index in [9.17, 15) is 15.0 Å². The van der Waals surface area contributed by atoms with Gasteiger partial charge in [-0.05, 0) is 55.2 Å². The molecule has 2 fully saturated rings. The van der Waals surface area contributed by atoms with E-state index in [0.717, 1.165) is 48.2 Å². The van der Waals surface area contributed by atoms with Crippen LogP contribution in [0.15, 0.2) is 59.1 Å². The molecule has 1 saturated heterocycles. The zero-order valence-electron chi connectivity index (χ0n) is 20.3. The fourth-order valence-corrected chi connectivity index (χ4v) is 5.83. The van der Waals surface area contributed by atoms with Crippen molar-refractivity contribution in [3.63, 3.8) is 0 Å². The minimum atomic E-state index is -0.874. The molecule has 0 amide bonds. The maximum Gasteiger partial charge on any atom is 0.314 e. The van der Waals surface area contributed by atoms with Crippen LogP contribution in [-0.4, -0.2) is 44.6 Å². The Hall–Kier alpha value is -3.94. The smallest absolute Gasteiger partial charge is 0.314 e. The monoisotopic (exact) mass is 484 g/mol. The normalized spacial score (nSPS) is 17.8. The third-order valence-electron chi connectivity index (χ3n) is 7.73. The van der Waals surface area contributed by atoms with Gasteiger partial charge in [0.1, 0.15) is 11.7 Å². The van der Waals surface area contributed by atoms with Crippen molar-refractivity contribution in [2.75, 3.05) is 18.0 Å². The number of hydrogen-bond donors (Lipinski definition) is 2. The first kappa shape index (κ1) is 22.5.